The zero-order chi connectivity index (χ0) is 14.8. The second-order valence-electron chi connectivity index (χ2n) is 5.51. The van der Waals surface area contributed by atoms with Gasteiger partial charge in [0.1, 0.15) is 11.9 Å². The van der Waals surface area contributed by atoms with Gasteiger partial charge < -0.3 is 10.2 Å². The van der Waals surface area contributed by atoms with E-state index < -0.39 is 4.92 Å². The number of anilines is 1. The Kier molecular flexibility index (Phi) is 3.71. The number of hydrogen-bond acceptors (Lipinski definition) is 6. The number of nitro groups is 1. The number of pyridine rings is 1. The van der Waals surface area contributed by atoms with Crippen molar-refractivity contribution in [2.75, 3.05) is 18.0 Å². The van der Waals surface area contributed by atoms with E-state index in [1.165, 1.54) is 12.5 Å². The lowest BCUT2D eigenvalue weighted by molar-refractivity contribution is -0.385. The highest BCUT2D eigenvalue weighted by Gasteiger charge is 2.34. The molecule has 3 heterocycles. The average molecular weight is 287 g/mol. The Morgan fingerprint density at radius 2 is 2.29 bits per heavy atom. The quantitative estimate of drug-likeness (QED) is 0.670. The molecule has 2 unspecified atom stereocenters. The van der Waals surface area contributed by atoms with Crippen molar-refractivity contribution in [1.82, 2.24) is 10.3 Å². The topological polar surface area (TPSA) is 95.1 Å². The molecule has 1 N–H and O–H groups in total. The van der Waals surface area contributed by atoms with Gasteiger partial charge in [-0.15, -0.1) is 0 Å². The van der Waals surface area contributed by atoms with E-state index in [1.807, 2.05) is 6.07 Å². The Balaban J connectivity index is 1.89. The van der Waals surface area contributed by atoms with Crippen molar-refractivity contribution in [3.05, 3.63) is 27.9 Å². The number of nitriles is 1. The van der Waals surface area contributed by atoms with E-state index in [0.717, 1.165) is 32.4 Å². The van der Waals surface area contributed by atoms with Gasteiger partial charge in [-0.2, -0.15) is 5.26 Å². The lowest BCUT2D eigenvalue weighted by Gasteiger charge is -2.30. The van der Waals surface area contributed by atoms with E-state index in [4.69, 9.17) is 5.26 Å². The molecule has 1 aromatic rings. The first-order valence-corrected chi connectivity index (χ1v) is 7.26. The third-order valence-electron chi connectivity index (χ3n) is 4.32. The summed E-state index contributed by atoms with van der Waals surface area (Å²) in [7, 11) is 0. The molecule has 3 rings (SSSR count). The maximum atomic E-state index is 10.9. The molecule has 0 aromatic carbocycles. The maximum Gasteiger partial charge on any atom is 0.305 e. The highest BCUT2D eigenvalue weighted by molar-refractivity contribution is 5.52. The van der Waals surface area contributed by atoms with E-state index in [1.54, 1.807) is 6.07 Å². The molecular formula is C14H17N5O2. The highest BCUT2D eigenvalue weighted by Crippen LogP contribution is 2.30. The lowest BCUT2D eigenvalue weighted by atomic mass is 10.0. The molecule has 21 heavy (non-hydrogen) atoms. The first kappa shape index (κ1) is 13.8. The van der Waals surface area contributed by atoms with Crippen LogP contribution in [0.4, 0.5) is 11.5 Å². The van der Waals surface area contributed by atoms with Crippen LogP contribution in [0.3, 0.4) is 0 Å². The summed E-state index contributed by atoms with van der Waals surface area (Å²) < 4.78 is 0. The molecule has 0 spiro atoms. The molecule has 1 aromatic heterocycles. The predicted molar refractivity (Wildman–Crippen MR) is 77.0 cm³/mol. The fourth-order valence-corrected chi connectivity index (χ4v) is 3.37. The Hall–Kier alpha value is -2.20. The summed E-state index contributed by atoms with van der Waals surface area (Å²) in [4.78, 5) is 16.7. The summed E-state index contributed by atoms with van der Waals surface area (Å²) in [5, 5.41) is 23.5. The fourth-order valence-electron chi connectivity index (χ4n) is 3.37. The second-order valence-corrected chi connectivity index (χ2v) is 5.51. The van der Waals surface area contributed by atoms with Gasteiger partial charge in [0.2, 0.25) is 5.69 Å². The zero-order valence-corrected chi connectivity index (χ0v) is 11.7. The molecule has 2 aliphatic rings. The van der Waals surface area contributed by atoms with Crippen LogP contribution in [0.15, 0.2) is 12.1 Å². The van der Waals surface area contributed by atoms with Crippen molar-refractivity contribution in [2.45, 2.75) is 37.8 Å². The third kappa shape index (κ3) is 2.54. The van der Waals surface area contributed by atoms with Crippen molar-refractivity contribution in [3.8, 4) is 6.07 Å². The smallest absolute Gasteiger partial charge is 0.305 e. The first-order chi connectivity index (χ1) is 10.2. The summed E-state index contributed by atoms with van der Waals surface area (Å²) in [6.07, 6.45) is 4.52. The van der Waals surface area contributed by atoms with Gasteiger partial charge in [0.05, 0.1) is 4.92 Å². The van der Waals surface area contributed by atoms with Crippen LogP contribution in [0.5, 0.6) is 0 Å². The minimum atomic E-state index is -0.560. The Labute approximate surface area is 122 Å². The molecule has 0 aliphatic carbocycles. The Morgan fingerprint density at radius 3 is 2.95 bits per heavy atom. The monoisotopic (exact) mass is 287 g/mol. The van der Waals surface area contributed by atoms with Crippen LogP contribution in [-0.2, 0) is 0 Å². The SMILES string of the molecule is N#Cc1nc(N2CCCC2C2CCCN2)ccc1[N+](=O)[O-]. The predicted octanol–water partition coefficient (Wildman–Crippen LogP) is 1.58. The normalized spacial score (nSPS) is 25.0. The number of rotatable bonds is 3. The van der Waals surface area contributed by atoms with Crippen LogP contribution in [0, 0.1) is 21.4 Å². The Morgan fingerprint density at radius 1 is 1.43 bits per heavy atom. The summed E-state index contributed by atoms with van der Waals surface area (Å²) in [6.45, 7) is 1.94. The average Bonchev–Trinajstić information content (AvgIpc) is 3.16. The van der Waals surface area contributed by atoms with Crippen molar-refractivity contribution in [2.24, 2.45) is 0 Å². The first-order valence-electron chi connectivity index (χ1n) is 7.26. The maximum absolute atomic E-state index is 10.9. The minimum absolute atomic E-state index is 0.109. The molecule has 110 valence electrons. The molecule has 7 heteroatoms. The van der Waals surface area contributed by atoms with Gasteiger partial charge in [-0.1, -0.05) is 0 Å². The zero-order valence-electron chi connectivity index (χ0n) is 11.7. The number of nitrogens with zero attached hydrogens (tertiary/aromatic N) is 4. The van der Waals surface area contributed by atoms with Gasteiger partial charge in [0.25, 0.3) is 0 Å². The van der Waals surface area contributed by atoms with Crippen LogP contribution in [0.2, 0.25) is 0 Å². The molecule has 2 aliphatic heterocycles. The van der Waals surface area contributed by atoms with Crippen molar-refractivity contribution in [3.63, 3.8) is 0 Å². The highest BCUT2D eigenvalue weighted by atomic mass is 16.6. The molecule has 2 atom stereocenters. The van der Waals surface area contributed by atoms with Crippen LogP contribution in [0.1, 0.15) is 31.4 Å². The molecule has 0 bridgehead atoms. The molecule has 0 saturated carbocycles. The summed E-state index contributed by atoms with van der Waals surface area (Å²) in [6, 6.07) is 5.70. The number of nitrogens with one attached hydrogen (secondary N) is 1. The summed E-state index contributed by atoms with van der Waals surface area (Å²) >= 11 is 0. The lowest BCUT2D eigenvalue weighted by Crippen LogP contribution is -2.44. The van der Waals surface area contributed by atoms with Gasteiger partial charge in [-0.25, -0.2) is 4.98 Å². The van der Waals surface area contributed by atoms with E-state index >= 15 is 0 Å². The fraction of sp³-hybridized carbons (Fsp3) is 0.571. The van der Waals surface area contributed by atoms with Crippen LogP contribution >= 0.6 is 0 Å². The van der Waals surface area contributed by atoms with E-state index in [2.05, 4.69) is 15.2 Å². The van der Waals surface area contributed by atoms with Gasteiger partial charge >= 0.3 is 5.69 Å². The molecule has 0 amide bonds. The van der Waals surface area contributed by atoms with E-state index in [0.29, 0.717) is 17.9 Å². The molecule has 2 saturated heterocycles. The van der Waals surface area contributed by atoms with E-state index in [9.17, 15) is 10.1 Å². The largest absolute Gasteiger partial charge is 0.352 e. The van der Waals surface area contributed by atoms with Gasteiger partial charge in [0, 0.05) is 24.7 Å². The molecular weight excluding hydrogens is 270 g/mol. The van der Waals surface area contributed by atoms with Crippen LogP contribution in [0.25, 0.3) is 0 Å². The number of aromatic nitrogens is 1. The molecule has 0 radical (unpaired) electrons. The van der Waals surface area contributed by atoms with Crippen LogP contribution < -0.4 is 10.2 Å². The number of hydrogen-bond donors (Lipinski definition) is 1. The van der Waals surface area contributed by atoms with E-state index in [-0.39, 0.29) is 11.4 Å². The second kappa shape index (κ2) is 5.66. The molecule has 7 nitrogen and oxygen atoms in total. The van der Waals surface area contributed by atoms with Gasteiger partial charge in [-0.3, -0.25) is 10.1 Å². The molecule has 2 fully saturated rings. The summed E-state index contributed by atoms with van der Waals surface area (Å²) in [5.74, 6) is 0.674. The van der Waals surface area contributed by atoms with Crippen molar-refractivity contribution >= 4 is 11.5 Å². The summed E-state index contributed by atoms with van der Waals surface area (Å²) in [5.41, 5.74) is -0.335. The Bertz CT molecular complexity index is 592. The standard InChI is InChI=1S/C14H17N5O2/c15-9-11-13(19(20)21)5-6-14(17-11)18-8-2-4-12(18)10-3-1-7-16-10/h5-6,10,12,16H,1-4,7-8H2. The van der Waals surface area contributed by atoms with Crippen LogP contribution in [-0.4, -0.2) is 35.1 Å². The van der Waals surface area contributed by atoms with Crippen molar-refractivity contribution < 1.29 is 4.92 Å². The third-order valence-corrected chi connectivity index (χ3v) is 4.32. The van der Waals surface area contributed by atoms with Gasteiger partial charge in [-0.05, 0) is 38.3 Å². The van der Waals surface area contributed by atoms with Crippen molar-refractivity contribution in [1.29, 1.82) is 5.26 Å². The van der Waals surface area contributed by atoms with Gasteiger partial charge in [0.15, 0.2) is 0 Å². The minimum Gasteiger partial charge on any atom is -0.352 e.